The molecule has 0 aromatic rings. The summed E-state index contributed by atoms with van der Waals surface area (Å²) in [5.41, 5.74) is 5.15. The zero-order valence-electron chi connectivity index (χ0n) is 19.3. The molecule has 0 radical (unpaired) electrons. The summed E-state index contributed by atoms with van der Waals surface area (Å²) in [6.07, 6.45) is -0.628. The van der Waals surface area contributed by atoms with Gasteiger partial charge in [-0.25, -0.2) is 0 Å². The minimum atomic E-state index is -1.25. The van der Waals surface area contributed by atoms with Gasteiger partial charge in [-0.2, -0.15) is 0 Å². The Morgan fingerprint density at radius 1 is 1.00 bits per heavy atom. The number of rotatable bonds is 14. The average Bonchev–Trinajstić information content (AvgIpc) is 3.18. The van der Waals surface area contributed by atoms with Crippen molar-refractivity contribution in [1.29, 1.82) is 0 Å². The van der Waals surface area contributed by atoms with Gasteiger partial charge in [-0.1, -0.05) is 13.8 Å². The van der Waals surface area contributed by atoms with E-state index in [1.54, 1.807) is 13.8 Å². The topological polar surface area (TPSA) is 229 Å². The number of aliphatic hydroxyl groups is 1. The summed E-state index contributed by atoms with van der Waals surface area (Å²) >= 11 is 0. The van der Waals surface area contributed by atoms with E-state index in [-0.39, 0.29) is 38.1 Å². The van der Waals surface area contributed by atoms with Crippen molar-refractivity contribution in [3.8, 4) is 0 Å². The Labute approximate surface area is 196 Å². The van der Waals surface area contributed by atoms with Gasteiger partial charge in [0.1, 0.15) is 18.6 Å². The van der Waals surface area contributed by atoms with Gasteiger partial charge < -0.3 is 42.5 Å². The third kappa shape index (κ3) is 11.0. The van der Waals surface area contributed by atoms with Crippen molar-refractivity contribution in [2.45, 2.75) is 63.8 Å². The molecule has 1 aliphatic heterocycles. The van der Waals surface area contributed by atoms with Crippen LogP contribution >= 0.6 is 0 Å². The minimum Gasteiger partial charge on any atom is -0.480 e. The molecule has 0 bridgehead atoms. The van der Waals surface area contributed by atoms with Gasteiger partial charge in [0, 0.05) is 13.0 Å². The summed E-state index contributed by atoms with van der Waals surface area (Å²) in [5.74, 6) is -4.66. The van der Waals surface area contributed by atoms with Gasteiger partial charge in [0.25, 0.3) is 0 Å². The van der Waals surface area contributed by atoms with Crippen molar-refractivity contribution < 1.29 is 39.0 Å². The SMILES string of the molecule is CC(C)C[C@H](NC(=O)[C@@H](CCC(N)=O)NC(=O)CNC(=O)[C@H]1C[C@H](O)CN1)C(=O)NCC(=O)O. The molecule has 4 atom stereocenters. The number of aliphatic hydroxyl groups excluding tert-OH is 1. The third-order valence-corrected chi connectivity index (χ3v) is 4.93. The van der Waals surface area contributed by atoms with Crippen LogP contribution in [0.25, 0.3) is 0 Å². The second-order valence-electron chi connectivity index (χ2n) is 8.50. The fourth-order valence-corrected chi connectivity index (χ4v) is 3.27. The van der Waals surface area contributed by atoms with Gasteiger partial charge in [-0.05, 0) is 25.2 Å². The molecule has 9 N–H and O–H groups in total. The normalized spacial score (nSPS) is 19.1. The van der Waals surface area contributed by atoms with E-state index in [9.17, 15) is 33.9 Å². The maximum absolute atomic E-state index is 12.8. The minimum absolute atomic E-state index is 0.0301. The Bertz CT molecular complexity index is 774. The molecule has 0 aromatic heterocycles. The first kappa shape index (κ1) is 28.8. The van der Waals surface area contributed by atoms with Crippen LogP contribution in [0.15, 0.2) is 0 Å². The quantitative estimate of drug-likeness (QED) is 0.121. The van der Waals surface area contributed by atoms with E-state index in [4.69, 9.17) is 10.8 Å². The van der Waals surface area contributed by atoms with E-state index in [0.717, 1.165) is 0 Å². The number of hydrogen-bond acceptors (Lipinski definition) is 8. The van der Waals surface area contributed by atoms with Crippen LogP contribution in [0.4, 0.5) is 0 Å². The molecule has 1 heterocycles. The fourth-order valence-electron chi connectivity index (χ4n) is 3.27. The molecular weight excluding hydrogens is 452 g/mol. The van der Waals surface area contributed by atoms with E-state index in [1.165, 1.54) is 0 Å². The summed E-state index contributed by atoms with van der Waals surface area (Å²) in [7, 11) is 0. The number of β-amino-alcohol motifs (C(OH)–C–C–N with tert-alkyl or cyclic N) is 1. The lowest BCUT2D eigenvalue weighted by atomic mass is 10.0. The Balaban J connectivity index is 2.76. The van der Waals surface area contributed by atoms with Gasteiger partial charge in [-0.3, -0.25) is 28.8 Å². The fraction of sp³-hybridized carbons (Fsp3) is 0.700. The lowest BCUT2D eigenvalue weighted by Gasteiger charge is -2.24. The number of carboxylic acids is 1. The second-order valence-corrected chi connectivity index (χ2v) is 8.50. The molecule has 1 fully saturated rings. The molecule has 0 aliphatic carbocycles. The van der Waals surface area contributed by atoms with Gasteiger partial charge in [0.15, 0.2) is 0 Å². The Morgan fingerprint density at radius 3 is 2.21 bits per heavy atom. The van der Waals surface area contributed by atoms with E-state index in [0.29, 0.717) is 0 Å². The van der Waals surface area contributed by atoms with E-state index >= 15 is 0 Å². The number of primary amides is 1. The summed E-state index contributed by atoms with van der Waals surface area (Å²) in [4.78, 5) is 71.5. The number of carbonyl (C=O) groups excluding carboxylic acids is 5. The smallest absolute Gasteiger partial charge is 0.322 e. The maximum atomic E-state index is 12.8. The molecule has 1 saturated heterocycles. The van der Waals surface area contributed by atoms with E-state index < -0.39 is 72.8 Å². The molecule has 14 nitrogen and oxygen atoms in total. The Kier molecular flexibility index (Phi) is 11.9. The van der Waals surface area contributed by atoms with Crippen LogP contribution < -0.4 is 32.3 Å². The molecule has 1 rings (SSSR count). The standard InChI is InChI=1S/C20H34N6O8/c1-10(2)5-14(19(33)24-9-17(30)31)26-20(34)12(3-4-15(21)28)25-16(29)8-23-18(32)13-6-11(27)7-22-13/h10-14,22,27H,3-9H2,1-2H3,(H2,21,28)(H,23,32)(H,24,33)(H,25,29)(H,26,34)(H,30,31)/t11-,12+,13+,14-/m0/s1. The summed E-state index contributed by atoms with van der Waals surface area (Å²) in [6.45, 7) is 2.78. The van der Waals surface area contributed by atoms with Gasteiger partial charge in [0.2, 0.25) is 29.5 Å². The van der Waals surface area contributed by atoms with Gasteiger partial charge in [0.05, 0.1) is 18.7 Å². The number of carboxylic acid groups (broad SMARTS) is 1. The first-order chi connectivity index (χ1) is 15.9. The van der Waals surface area contributed by atoms with Crippen molar-refractivity contribution >= 4 is 35.5 Å². The number of carbonyl (C=O) groups is 6. The number of nitrogens with two attached hydrogens (primary N) is 1. The van der Waals surface area contributed by atoms with Crippen molar-refractivity contribution in [3.05, 3.63) is 0 Å². The van der Waals surface area contributed by atoms with Gasteiger partial charge >= 0.3 is 5.97 Å². The van der Waals surface area contributed by atoms with E-state index in [1.807, 2.05) is 0 Å². The summed E-state index contributed by atoms with van der Waals surface area (Å²) in [6, 6.07) is -2.94. The lowest BCUT2D eigenvalue weighted by Crippen LogP contribution is -2.55. The zero-order chi connectivity index (χ0) is 25.8. The highest BCUT2D eigenvalue weighted by atomic mass is 16.4. The van der Waals surface area contributed by atoms with Crippen LogP contribution in [-0.4, -0.2) is 89.6 Å². The maximum Gasteiger partial charge on any atom is 0.322 e. The first-order valence-electron chi connectivity index (χ1n) is 11.0. The third-order valence-electron chi connectivity index (χ3n) is 4.93. The molecular formula is C20H34N6O8. The van der Waals surface area contributed by atoms with Crippen LogP contribution in [0.1, 0.15) is 39.5 Å². The highest BCUT2D eigenvalue weighted by Crippen LogP contribution is 2.07. The second kappa shape index (κ2) is 14.1. The largest absolute Gasteiger partial charge is 0.480 e. The van der Waals surface area contributed by atoms with Crippen molar-refractivity contribution in [1.82, 2.24) is 26.6 Å². The van der Waals surface area contributed by atoms with Crippen LogP contribution in [0, 0.1) is 5.92 Å². The Hall–Kier alpha value is -3.26. The molecule has 0 saturated carbocycles. The van der Waals surface area contributed by atoms with Crippen LogP contribution in [0.2, 0.25) is 0 Å². The summed E-state index contributed by atoms with van der Waals surface area (Å²) in [5, 5.41) is 30.5. The predicted molar refractivity (Wildman–Crippen MR) is 118 cm³/mol. The molecule has 0 aromatic carbocycles. The summed E-state index contributed by atoms with van der Waals surface area (Å²) < 4.78 is 0. The van der Waals surface area contributed by atoms with Crippen molar-refractivity contribution in [3.63, 3.8) is 0 Å². The molecule has 14 heteroatoms. The van der Waals surface area contributed by atoms with Crippen molar-refractivity contribution in [2.75, 3.05) is 19.6 Å². The van der Waals surface area contributed by atoms with Crippen LogP contribution in [0.5, 0.6) is 0 Å². The number of hydrogen-bond donors (Lipinski definition) is 8. The van der Waals surface area contributed by atoms with Crippen LogP contribution in [0.3, 0.4) is 0 Å². The number of aliphatic carboxylic acids is 1. The number of nitrogens with one attached hydrogen (secondary N) is 5. The molecule has 5 amide bonds. The molecule has 34 heavy (non-hydrogen) atoms. The van der Waals surface area contributed by atoms with Crippen molar-refractivity contribution in [2.24, 2.45) is 11.7 Å². The zero-order valence-corrected chi connectivity index (χ0v) is 19.3. The highest BCUT2D eigenvalue weighted by molar-refractivity contribution is 5.94. The molecule has 0 spiro atoms. The molecule has 0 unspecified atom stereocenters. The average molecular weight is 487 g/mol. The lowest BCUT2D eigenvalue weighted by molar-refractivity contribution is -0.138. The van der Waals surface area contributed by atoms with Crippen LogP contribution in [-0.2, 0) is 28.8 Å². The molecule has 192 valence electrons. The first-order valence-corrected chi connectivity index (χ1v) is 11.0. The Morgan fingerprint density at radius 2 is 1.68 bits per heavy atom. The molecule has 1 aliphatic rings. The highest BCUT2D eigenvalue weighted by Gasteiger charge is 2.30. The predicted octanol–water partition coefficient (Wildman–Crippen LogP) is -3.69. The van der Waals surface area contributed by atoms with E-state index in [2.05, 4.69) is 26.6 Å². The number of amides is 5. The van der Waals surface area contributed by atoms with Gasteiger partial charge in [-0.15, -0.1) is 0 Å². The monoisotopic (exact) mass is 486 g/mol.